The average molecular weight is 317 g/mol. The average Bonchev–Trinajstić information content (AvgIpc) is 3.06. The Kier molecular flexibility index (Phi) is 3.43. The topological polar surface area (TPSA) is 75.4 Å². The van der Waals surface area contributed by atoms with Crippen molar-refractivity contribution in [3.05, 3.63) is 17.5 Å². The van der Waals surface area contributed by atoms with Gasteiger partial charge in [-0.15, -0.1) is 0 Å². The minimum atomic E-state index is -0.194. The molecule has 2 heterocycles. The number of nitrogens with one attached hydrogen (secondary N) is 1. The smallest absolute Gasteiger partial charge is 0.273 e. The van der Waals surface area contributed by atoms with Crippen molar-refractivity contribution in [2.24, 2.45) is 17.8 Å². The minimum absolute atomic E-state index is 0.194. The zero-order chi connectivity index (χ0) is 16.1. The molecule has 2 aliphatic carbocycles. The van der Waals surface area contributed by atoms with E-state index in [2.05, 4.69) is 22.3 Å². The van der Waals surface area contributed by atoms with Gasteiger partial charge in [-0.25, -0.2) is 0 Å². The molecule has 0 unspecified atom stereocenters. The Balaban J connectivity index is 1.41. The minimum Gasteiger partial charge on any atom is -0.361 e. The SMILES string of the molecule is Cc1cc(C(=O)NC[C@H]2[C@@H]3CC(=O)N(C4CC4)[C@@H]3C[C@@H]2C)no1. The Labute approximate surface area is 135 Å². The molecular formula is C17H23N3O3. The highest BCUT2D eigenvalue weighted by Crippen LogP contribution is 2.49. The van der Waals surface area contributed by atoms with Gasteiger partial charge < -0.3 is 14.7 Å². The second-order valence-corrected chi connectivity index (χ2v) is 7.38. The number of rotatable bonds is 4. The molecule has 124 valence electrons. The monoisotopic (exact) mass is 317 g/mol. The predicted octanol–water partition coefficient (Wildman–Crippen LogP) is 1.75. The van der Waals surface area contributed by atoms with Gasteiger partial charge in [0.2, 0.25) is 5.91 Å². The fourth-order valence-electron chi connectivity index (χ4n) is 4.49. The van der Waals surface area contributed by atoms with Crippen molar-refractivity contribution in [1.82, 2.24) is 15.4 Å². The molecule has 0 radical (unpaired) electrons. The lowest BCUT2D eigenvalue weighted by Crippen LogP contribution is -2.36. The molecule has 1 saturated heterocycles. The molecule has 1 aromatic heterocycles. The lowest BCUT2D eigenvalue weighted by Gasteiger charge is -2.24. The van der Waals surface area contributed by atoms with Gasteiger partial charge in [-0.2, -0.15) is 0 Å². The highest BCUT2D eigenvalue weighted by Gasteiger charge is 2.53. The molecule has 6 nitrogen and oxygen atoms in total. The molecule has 1 aromatic rings. The van der Waals surface area contributed by atoms with Crippen LogP contribution in [-0.4, -0.2) is 40.5 Å². The number of aryl methyl sites for hydroxylation is 1. The summed E-state index contributed by atoms with van der Waals surface area (Å²) in [5.74, 6) is 2.03. The van der Waals surface area contributed by atoms with Gasteiger partial charge in [-0.1, -0.05) is 12.1 Å². The van der Waals surface area contributed by atoms with Gasteiger partial charge in [0.1, 0.15) is 5.76 Å². The van der Waals surface area contributed by atoms with Crippen LogP contribution >= 0.6 is 0 Å². The molecule has 3 fully saturated rings. The first-order valence-electron chi connectivity index (χ1n) is 8.57. The fourth-order valence-corrected chi connectivity index (χ4v) is 4.49. The number of fused-ring (bicyclic) bond motifs is 1. The van der Waals surface area contributed by atoms with Gasteiger partial charge in [0.05, 0.1) is 0 Å². The molecule has 2 saturated carbocycles. The molecule has 1 N–H and O–H groups in total. The summed E-state index contributed by atoms with van der Waals surface area (Å²) in [5.41, 5.74) is 0.326. The molecule has 4 rings (SSSR count). The summed E-state index contributed by atoms with van der Waals surface area (Å²) in [6.07, 6.45) is 4.04. The van der Waals surface area contributed by atoms with Crippen molar-refractivity contribution >= 4 is 11.8 Å². The van der Waals surface area contributed by atoms with Crippen molar-refractivity contribution in [3.8, 4) is 0 Å². The predicted molar refractivity (Wildman–Crippen MR) is 82.6 cm³/mol. The van der Waals surface area contributed by atoms with Crippen LogP contribution in [0, 0.1) is 24.7 Å². The number of nitrogens with zero attached hydrogens (tertiary/aromatic N) is 2. The van der Waals surface area contributed by atoms with Crippen LogP contribution in [0.2, 0.25) is 0 Å². The number of carbonyl (C=O) groups is 2. The van der Waals surface area contributed by atoms with Crippen molar-refractivity contribution in [2.45, 2.75) is 51.6 Å². The normalized spacial score (nSPS) is 33.1. The molecule has 6 heteroatoms. The van der Waals surface area contributed by atoms with E-state index in [1.807, 2.05) is 0 Å². The largest absolute Gasteiger partial charge is 0.361 e. The summed E-state index contributed by atoms with van der Waals surface area (Å²) in [7, 11) is 0. The van der Waals surface area contributed by atoms with Crippen LogP contribution in [0.1, 0.15) is 48.9 Å². The Bertz CT molecular complexity index is 637. The van der Waals surface area contributed by atoms with E-state index < -0.39 is 0 Å². The van der Waals surface area contributed by atoms with Crippen molar-refractivity contribution in [2.75, 3.05) is 6.54 Å². The number of amides is 2. The highest BCUT2D eigenvalue weighted by molar-refractivity contribution is 5.92. The van der Waals surface area contributed by atoms with E-state index >= 15 is 0 Å². The molecule has 23 heavy (non-hydrogen) atoms. The number of hydrogen-bond acceptors (Lipinski definition) is 4. The maximum atomic E-state index is 12.3. The highest BCUT2D eigenvalue weighted by atomic mass is 16.5. The van der Waals surface area contributed by atoms with E-state index in [4.69, 9.17) is 4.52 Å². The second-order valence-electron chi connectivity index (χ2n) is 7.38. The van der Waals surface area contributed by atoms with E-state index in [1.165, 1.54) is 0 Å². The number of carbonyl (C=O) groups excluding carboxylic acids is 2. The van der Waals surface area contributed by atoms with Gasteiger partial charge in [-0.05, 0) is 43.9 Å². The van der Waals surface area contributed by atoms with Gasteiger partial charge in [0, 0.05) is 31.1 Å². The van der Waals surface area contributed by atoms with Gasteiger partial charge in [0.25, 0.3) is 5.91 Å². The lowest BCUT2D eigenvalue weighted by molar-refractivity contribution is -0.129. The first-order valence-corrected chi connectivity index (χ1v) is 8.57. The van der Waals surface area contributed by atoms with Crippen LogP contribution in [0.5, 0.6) is 0 Å². The van der Waals surface area contributed by atoms with E-state index in [0.717, 1.165) is 19.3 Å². The molecule has 3 aliphatic rings. The van der Waals surface area contributed by atoms with Crippen molar-refractivity contribution < 1.29 is 14.1 Å². The maximum Gasteiger partial charge on any atom is 0.273 e. The van der Waals surface area contributed by atoms with E-state index in [9.17, 15) is 9.59 Å². The van der Waals surface area contributed by atoms with Gasteiger partial charge in [0.15, 0.2) is 5.69 Å². The van der Waals surface area contributed by atoms with E-state index in [0.29, 0.717) is 60.2 Å². The number of aromatic nitrogens is 1. The lowest BCUT2D eigenvalue weighted by atomic mass is 9.88. The summed E-state index contributed by atoms with van der Waals surface area (Å²) in [5, 5.41) is 6.73. The van der Waals surface area contributed by atoms with Crippen LogP contribution in [0.3, 0.4) is 0 Å². The summed E-state index contributed by atoms with van der Waals surface area (Å²) in [4.78, 5) is 26.6. The third-order valence-corrected chi connectivity index (χ3v) is 5.74. The first kappa shape index (κ1) is 14.7. The Morgan fingerprint density at radius 1 is 1.48 bits per heavy atom. The molecular weight excluding hydrogens is 294 g/mol. The first-order chi connectivity index (χ1) is 11.0. The van der Waals surface area contributed by atoms with Crippen molar-refractivity contribution in [3.63, 3.8) is 0 Å². The van der Waals surface area contributed by atoms with Crippen molar-refractivity contribution in [1.29, 1.82) is 0 Å². The van der Waals surface area contributed by atoms with Crippen LogP contribution in [-0.2, 0) is 4.79 Å². The Morgan fingerprint density at radius 3 is 2.91 bits per heavy atom. The van der Waals surface area contributed by atoms with Crippen LogP contribution in [0.15, 0.2) is 10.6 Å². The van der Waals surface area contributed by atoms with Gasteiger partial charge in [-0.3, -0.25) is 9.59 Å². The molecule has 0 spiro atoms. The summed E-state index contributed by atoms with van der Waals surface area (Å²) < 4.78 is 4.95. The van der Waals surface area contributed by atoms with E-state index in [1.54, 1.807) is 13.0 Å². The Hall–Kier alpha value is -1.85. The third kappa shape index (κ3) is 2.54. The second kappa shape index (κ2) is 5.35. The number of hydrogen-bond donors (Lipinski definition) is 1. The molecule has 0 bridgehead atoms. The molecule has 1 aliphatic heterocycles. The quantitative estimate of drug-likeness (QED) is 0.918. The molecule has 4 atom stereocenters. The van der Waals surface area contributed by atoms with Gasteiger partial charge >= 0.3 is 0 Å². The zero-order valence-corrected chi connectivity index (χ0v) is 13.6. The maximum absolute atomic E-state index is 12.3. The summed E-state index contributed by atoms with van der Waals surface area (Å²) >= 11 is 0. The molecule has 2 amide bonds. The third-order valence-electron chi connectivity index (χ3n) is 5.74. The standard InChI is InChI=1S/C17H23N3O3/c1-9-5-15-12(7-16(21)20(15)11-3-4-11)13(9)8-18-17(22)14-6-10(2)23-19-14/h6,9,11-13,15H,3-5,7-8H2,1-2H3,(H,18,22)/t9-,12-,13+,15+/m0/s1. The number of likely N-dealkylation sites (tertiary alicyclic amines) is 1. The Morgan fingerprint density at radius 2 is 2.26 bits per heavy atom. The van der Waals surface area contributed by atoms with Crippen LogP contribution in [0.4, 0.5) is 0 Å². The zero-order valence-electron chi connectivity index (χ0n) is 13.6. The van der Waals surface area contributed by atoms with Crippen LogP contribution < -0.4 is 5.32 Å². The van der Waals surface area contributed by atoms with E-state index in [-0.39, 0.29) is 5.91 Å². The summed E-state index contributed by atoms with van der Waals surface area (Å²) in [6.45, 7) is 4.62. The fraction of sp³-hybridized carbons (Fsp3) is 0.706. The summed E-state index contributed by atoms with van der Waals surface area (Å²) in [6, 6.07) is 2.53. The molecule has 0 aromatic carbocycles. The van der Waals surface area contributed by atoms with Crippen LogP contribution in [0.25, 0.3) is 0 Å².